The highest BCUT2D eigenvalue weighted by molar-refractivity contribution is 7.22. The van der Waals surface area contributed by atoms with E-state index in [1.54, 1.807) is 29.5 Å². The first-order valence-electron chi connectivity index (χ1n) is 10.6. The number of hydrogen-bond donors (Lipinski definition) is 1. The topological polar surface area (TPSA) is 57.7 Å². The van der Waals surface area contributed by atoms with Crippen molar-refractivity contribution in [3.63, 3.8) is 0 Å². The zero-order valence-electron chi connectivity index (χ0n) is 18.2. The number of rotatable bonds is 7. The minimum atomic E-state index is -0.171. The van der Waals surface area contributed by atoms with Gasteiger partial charge in [-0.25, -0.2) is 4.98 Å². The Hall–Kier alpha value is -2.06. The second kappa shape index (κ2) is 10.3. The standard InChI is InChI=1S/C23H26Cl2N4O2S/c1-15-11-16(2)22-19(12-15)27-23(32-22)29-9-7-28(8-10-29)6-5-26-21(30)14-31-20-4-3-17(24)13-18(20)25/h3-4,11-13H,5-10,14H2,1-2H3,(H,26,30). The molecule has 170 valence electrons. The fourth-order valence-corrected chi connectivity index (χ4v) is 5.33. The number of carbonyl (C=O) groups excluding carboxylic acids is 1. The molecule has 2 heterocycles. The summed E-state index contributed by atoms with van der Waals surface area (Å²) in [6.07, 6.45) is 0. The van der Waals surface area contributed by atoms with Gasteiger partial charge in [0.25, 0.3) is 5.91 Å². The molecule has 1 aliphatic heterocycles. The molecule has 0 radical (unpaired) electrons. The Morgan fingerprint density at radius 1 is 1.16 bits per heavy atom. The Balaban J connectivity index is 1.19. The summed E-state index contributed by atoms with van der Waals surface area (Å²) < 4.78 is 6.75. The molecule has 0 aliphatic carbocycles. The van der Waals surface area contributed by atoms with Crippen molar-refractivity contribution in [3.05, 3.63) is 51.5 Å². The number of aryl methyl sites for hydroxylation is 2. The van der Waals surface area contributed by atoms with Crippen LogP contribution in [0.4, 0.5) is 5.13 Å². The van der Waals surface area contributed by atoms with Gasteiger partial charge in [-0.05, 0) is 49.2 Å². The van der Waals surface area contributed by atoms with Crippen LogP contribution in [0.3, 0.4) is 0 Å². The van der Waals surface area contributed by atoms with Gasteiger partial charge in [0.15, 0.2) is 11.7 Å². The van der Waals surface area contributed by atoms with Crippen molar-refractivity contribution in [1.29, 1.82) is 0 Å². The number of amides is 1. The molecule has 0 atom stereocenters. The number of aromatic nitrogens is 1. The van der Waals surface area contributed by atoms with E-state index >= 15 is 0 Å². The van der Waals surface area contributed by atoms with E-state index in [0.717, 1.165) is 43.4 Å². The van der Waals surface area contributed by atoms with Crippen LogP contribution in [-0.2, 0) is 4.79 Å². The van der Waals surface area contributed by atoms with Gasteiger partial charge in [-0.15, -0.1) is 0 Å². The van der Waals surface area contributed by atoms with Gasteiger partial charge >= 0.3 is 0 Å². The molecular formula is C23H26Cl2N4O2S. The van der Waals surface area contributed by atoms with Gasteiger partial charge in [-0.3, -0.25) is 9.69 Å². The van der Waals surface area contributed by atoms with Crippen LogP contribution in [0, 0.1) is 13.8 Å². The second-order valence-corrected chi connectivity index (χ2v) is 9.79. The van der Waals surface area contributed by atoms with Crippen LogP contribution in [0.5, 0.6) is 5.75 Å². The van der Waals surface area contributed by atoms with E-state index in [4.69, 9.17) is 32.9 Å². The van der Waals surface area contributed by atoms with E-state index < -0.39 is 0 Å². The molecule has 32 heavy (non-hydrogen) atoms. The fraction of sp³-hybridized carbons (Fsp3) is 0.391. The van der Waals surface area contributed by atoms with Crippen LogP contribution in [0.15, 0.2) is 30.3 Å². The van der Waals surface area contributed by atoms with Crippen LogP contribution in [0.2, 0.25) is 10.0 Å². The Morgan fingerprint density at radius 2 is 1.94 bits per heavy atom. The SMILES string of the molecule is Cc1cc(C)c2sc(N3CCN(CCNC(=O)COc4ccc(Cl)cc4Cl)CC3)nc2c1. The molecule has 1 N–H and O–H groups in total. The molecule has 2 aromatic carbocycles. The van der Waals surface area contributed by atoms with Crippen LogP contribution in [0.1, 0.15) is 11.1 Å². The summed E-state index contributed by atoms with van der Waals surface area (Å²) in [5.41, 5.74) is 3.63. The normalized spacial score (nSPS) is 14.7. The van der Waals surface area contributed by atoms with Crippen LogP contribution in [-0.4, -0.2) is 61.7 Å². The molecule has 0 bridgehead atoms. The van der Waals surface area contributed by atoms with Crippen molar-refractivity contribution in [2.24, 2.45) is 0 Å². The van der Waals surface area contributed by atoms with E-state index in [1.165, 1.54) is 15.8 Å². The molecule has 0 saturated carbocycles. The largest absolute Gasteiger partial charge is 0.482 e. The highest BCUT2D eigenvalue weighted by Crippen LogP contribution is 2.32. The summed E-state index contributed by atoms with van der Waals surface area (Å²) in [7, 11) is 0. The third kappa shape index (κ3) is 5.64. The quantitative estimate of drug-likeness (QED) is 0.524. The lowest BCUT2D eigenvalue weighted by atomic mass is 10.1. The Morgan fingerprint density at radius 3 is 2.69 bits per heavy atom. The van der Waals surface area contributed by atoms with Crippen molar-refractivity contribution < 1.29 is 9.53 Å². The van der Waals surface area contributed by atoms with Crippen molar-refractivity contribution >= 4 is 55.8 Å². The van der Waals surface area contributed by atoms with E-state index in [-0.39, 0.29) is 12.5 Å². The first-order valence-corrected chi connectivity index (χ1v) is 12.2. The molecule has 3 aromatic rings. The summed E-state index contributed by atoms with van der Waals surface area (Å²) in [4.78, 5) is 21.7. The predicted octanol–water partition coefficient (Wildman–Crippen LogP) is 4.54. The molecule has 1 aromatic heterocycles. The van der Waals surface area contributed by atoms with Gasteiger partial charge in [0.2, 0.25) is 0 Å². The minimum absolute atomic E-state index is 0.0778. The smallest absolute Gasteiger partial charge is 0.257 e. The van der Waals surface area contributed by atoms with Gasteiger partial charge in [0.1, 0.15) is 5.75 Å². The number of fused-ring (bicyclic) bond motifs is 1. The van der Waals surface area contributed by atoms with Gasteiger partial charge in [0.05, 0.1) is 15.2 Å². The van der Waals surface area contributed by atoms with E-state index in [9.17, 15) is 4.79 Å². The second-order valence-electron chi connectivity index (χ2n) is 7.97. The third-order valence-electron chi connectivity index (χ3n) is 5.45. The molecule has 1 fully saturated rings. The molecule has 1 aliphatic rings. The molecule has 1 amide bonds. The summed E-state index contributed by atoms with van der Waals surface area (Å²) in [5, 5.41) is 4.92. The maximum Gasteiger partial charge on any atom is 0.257 e. The number of carbonyl (C=O) groups is 1. The summed E-state index contributed by atoms with van der Waals surface area (Å²) >= 11 is 13.7. The molecule has 4 rings (SSSR count). The van der Waals surface area contributed by atoms with Gasteiger partial charge in [-0.1, -0.05) is 40.6 Å². The average Bonchev–Trinajstić information content (AvgIpc) is 3.18. The average molecular weight is 493 g/mol. The first kappa shape index (κ1) is 23.1. The van der Waals surface area contributed by atoms with Crippen LogP contribution >= 0.6 is 34.5 Å². The zero-order chi connectivity index (χ0) is 22.7. The van der Waals surface area contributed by atoms with Gasteiger partial charge < -0.3 is 15.0 Å². The number of thiazole rings is 1. The molecule has 0 unspecified atom stereocenters. The molecular weight excluding hydrogens is 467 g/mol. The van der Waals surface area contributed by atoms with E-state index in [1.807, 2.05) is 0 Å². The zero-order valence-corrected chi connectivity index (χ0v) is 20.5. The third-order valence-corrected chi connectivity index (χ3v) is 7.25. The number of nitrogens with zero attached hydrogens (tertiary/aromatic N) is 3. The summed E-state index contributed by atoms with van der Waals surface area (Å²) in [6.45, 7) is 9.33. The molecule has 0 spiro atoms. The lowest BCUT2D eigenvalue weighted by Crippen LogP contribution is -2.48. The van der Waals surface area contributed by atoms with Crippen LogP contribution < -0.4 is 15.0 Å². The minimum Gasteiger partial charge on any atom is -0.482 e. The number of benzene rings is 2. The highest BCUT2D eigenvalue weighted by Gasteiger charge is 2.20. The molecule has 6 nitrogen and oxygen atoms in total. The molecule has 1 saturated heterocycles. The number of hydrogen-bond acceptors (Lipinski definition) is 6. The van der Waals surface area contributed by atoms with Crippen molar-refractivity contribution in [1.82, 2.24) is 15.2 Å². The highest BCUT2D eigenvalue weighted by atomic mass is 35.5. The van der Waals surface area contributed by atoms with Crippen molar-refractivity contribution in [2.45, 2.75) is 13.8 Å². The number of anilines is 1. The Labute approximate surface area is 202 Å². The number of nitrogens with one attached hydrogen (secondary N) is 1. The van der Waals surface area contributed by atoms with E-state index in [0.29, 0.717) is 22.3 Å². The Kier molecular flexibility index (Phi) is 7.40. The van der Waals surface area contributed by atoms with Gasteiger partial charge in [0, 0.05) is 44.3 Å². The maximum atomic E-state index is 12.1. The first-order chi connectivity index (χ1) is 15.4. The fourth-order valence-electron chi connectivity index (χ4n) is 3.80. The lowest BCUT2D eigenvalue weighted by Gasteiger charge is -2.34. The van der Waals surface area contributed by atoms with Gasteiger partial charge in [-0.2, -0.15) is 0 Å². The van der Waals surface area contributed by atoms with E-state index in [2.05, 4.69) is 41.1 Å². The summed E-state index contributed by atoms with van der Waals surface area (Å²) in [5.74, 6) is 0.275. The summed E-state index contributed by atoms with van der Waals surface area (Å²) in [6, 6.07) is 9.30. The number of halogens is 2. The lowest BCUT2D eigenvalue weighted by molar-refractivity contribution is -0.123. The van der Waals surface area contributed by atoms with Crippen LogP contribution in [0.25, 0.3) is 10.2 Å². The maximum absolute atomic E-state index is 12.1. The van der Waals surface area contributed by atoms with Crippen molar-refractivity contribution in [3.8, 4) is 5.75 Å². The number of piperazine rings is 1. The number of ether oxygens (including phenoxy) is 1. The Bertz CT molecular complexity index is 1110. The monoisotopic (exact) mass is 492 g/mol. The van der Waals surface area contributed by atoms with Crippen molar-refractivity contribution in [2.75, 3.05) is 50.8 Å². The predicted molar refractivity (Wildman–Crippen MR) is 133 cm³/mol. The molecule has 9 heteroatoms.